The number of nitrogens with one attached hydrogen (secondary N) is 1. The number of benzene rings is 1. The summed E-state index contributed by atoms with van der Waals surface area (Å²) in [5.74, 6) is -0.820. The maximum absolute atomic E-state index is 12.5. The standard InChI is InChI=1S/C18H24ClN3O2/c19-14-4-6-15(7-5-14)22-13-8-16(18(22)24)17(23)20-9-3-12-21-10-1-2-11-21/h4-7,16H,1-3,8-13H2,(H,20,23). The fraction of sp³-hybridized carbons (Fsp3) is 0.556. The number of nitrogens with zero attached hydrogens (tertiary/aromatic N) is 2. The van der Waals surface area contributed by atoms with Crippen LogP contribution in [0, 0.1) is 5.92 Å². The highest BCUT2D eigenvalue weighted by Crippen LogP contribution is 2.26. The quantitative estimate of drug-likeness (QED) is 0.633. The molecule has 5 nitrogen and oxygen atoms in total. The second-order valence-corrected chi connectivity index (χ2v) is 6.94. The molecule has 0 aromatic heterocycles. The molecule has 2 aliphatic rings. The van der Waals surface area contributed by atoms with Crippen molar-refractivity contribution in [2.24, 2.45) is 5.92 Å². The molecule has 0 aliphatic carbocycles. The summed E-state index contributed by atoms with van der Waals surface area (Å²) in [6, 6.07) is 7.15. The van der Waals surface area contributed by atoms with Crippen LogP contribution in [0.15, 0.2) is 24.3 Å². The molecule has 130 valence electrons. The van der Waals surface area contributed by atoms with Crippen LogP contribution in [0.2, 0.25) is 5.02 Å². The Balaban J connectivity index is 1.45. The van der Waals surface area contributed by atoms with E-state index in [9.17, 15) is 9.59 Å². The van der Waals surface area contributed by atoms with Crippen LogP contribution in [0.4, 0.5) is 5.69 Å². The number of rotatable bonds is 6. The maximum atomic E-state index is 12.5. The maximum Gasteiger partial charge on any atom is 0.239 e. The van der Waals surface area contributed by atoms with Gasteiger partial charge in [-0.3, -0.25) is 9.59 Å². The van der Waals surface area contributed by atoms with Crippen LogP contribution in [0.1, 0.15) is 25.7 Å². The van der Waals surface area contributed by atoms with E-state index in [-0.39, 0.29) is 11.8 Å². The van der Waals surface area contributed by atoms with Crippen molar-refractivity contribution in [3.63, 3.8) is 0 Å². The third-order valence-electron chi connectivity index (χ3n) is 4.81. The molecule has 0 spiro atoms. The average molecular weight is 350 g/mol. The highest BCUT2D eigenvalue weighted by Gasteiger charge is 2.37. The minimum absolute atomic E-state index is 0.116. The topological polar surface area (TPSA) is 52.7 Å². The molecule has 3 rings (SSSR count). The van der Waals surface area contributed by atoms with E-state index in [1.807, 2.05) is 12.1 Å². The Morgan fingerprint density at radius 1 is 1.17 bits per heavy atom. The molecule has 1 aromatic rings. The number of amides is 2. The van der Waals surface area contributed by atoms with Gasteiger partial charge in [0.05, 0.1) is 0 Å². The fourth-order valence-corrected chi connectivity index (χ4v) is 3.57. The van der Waals surface area contributed by atoms with Crippen molar-refractivity contribution in [1.82, 2.24) is 10.2 Å². The Bertz CT molecular complexity index is 584. The number of likely N-dealkylation sites (tertiary alicyclic amines) is 1. The lowest BCUT2D eigenvalue weighted by Crippen LogP contribution is -2.38. The number of halogens is 1. The molecule has 1 N–H and O–H groups in total. The van der Waals surface area contributed by atoms with Gasteiger partial charge in [-0.25, -0.2) is 0 Å². The van der Waals surface area contributed by atoms with E-state index in [1.165, 1.54) is 25.9 Å². The number of anilines is 1. The van der Waals surface area contributed by atoms with Gasteiger partial charge in [-0.1, -0.05) is 11.6 Å². The molecule has 2 saturated heterocycles. The zero-order valence-electron chi connectivity index (χ0n) is 13.8. The van der Waals surface area contributed by atoms with E-state index in [4.69, 9.17) is 11.6 Å². The summed E-state index contributed by atoms with van der Waals surface area (Å²) < 4.78 is 0. The molecule has 6 heteroatoms. The summed E-state index contributed by atoms with van der Waals surface area (Å²) >= 11 is 5.88. The van der Waals surface area contributed by atoms with Crippen molar-refractivity contribution in [2.45, 2.75) is 25.7 Å². The molecule has 1 unspecified atom stereocenters. The van der Waals surface area contributed by atoms with Crippen LogP contribution in [0.5, 0.6) is 0 Å². The van der Waals surface area contributed by atoms with Crippen LogP contribution >= 0.6 is 11.6 Å². The fourth-order valence-electron chi connectivity index (χ4n) is 3.44. The zero-order chi connectivity index (χ0) is 16.9. The molecule has 0 saturated carbocycles. The van der Waals surface area contributed by atoms with Gasteiger partial charge in [-0.2, -0.15) is 0 Å². The SMILES string of the molecule is O=C(NCCCN1CCCC1)C1CCN(c2ccc(Cl)cc2)C1=O. The number of carbonyl (C=O) groups excluding carboxylic acids is 2. The largest absolute Gasteiger partial charge is 0.355 e. The van der Waals surface area contributed by atoms with Crippen LogP contribution in [-0.4, -0.2) is 49.4 Å². The van der Waals surface area contributed by atoms with Gasteiger partial charge < -0.3 is 15.1 Å². The summed E-state index contributed by atoms with van der Waals surface area (Å²) in [4.78, 5) is 28.9. The monoisotopic (exact) mass is 349 g/mol. The predicted molar refractivity (Wildman–Crippen MR) is 95.2 cm³/mol. The Kier molecular flexibility index (Phi) is 5.74. The molecule has 1 aromatic carbocycles. The van der Waals surface area contributed by atoms with Gasteiger partial charge >= 0.3 is 0 Å². The zero-order valence-corrected chi connectivity index (χ0v) is 14.6. The van der Waals surface area contributed by atoms with Crippen LogP contribution < -0.4 is 10.2 Å². The Labute approximate surface area is 147 Å². The lowest BCUT2D eigenvalue weighted by molar-refractivity contribution is -0.132. The molecule has 2 amide bonds. The van der Waals surface area contributed by atoms with Gasteiger partial charge in [0, 0.05) is 23.8 Å². The van der Waals surface area contributed by atoms with E-state index in [0.29, 0.717) is 24.5 Å². The summed E-state index contributed by atoms with van der Waals surface area (Å²) in [5.41, 5.74) is 0.800. The van der Waals surface area contributed by atoms with Gasteiger partial charge in [-0.05, 0) is 69.6 Å². The number of carbonyl (C=O) groups is 2. The molecule has 24 heavy (non-hydrogen) atoms. The van der Waals surface area contributed by atoms with Crippen LogP contribution in [0.3, 0.4) is 0 Å². The first-order valence-corrected chi connectivity index (χ1v) is 9.10. The summed E-state index contributed by atoms with van der Waals surface area (Å²) in [7, 11) is 0. The first-order valence-electron chi connectivity index (χ1n) is 8.72. The third-order valence-corrected chi connectivity index (χ3v) is 5.06. The van der Waals surface area contributed by atoms with Gasteiger partial charge in [0.15, 0.2) is 0 Å². The lowest BCUT2D eigenvalue weighted by atomic mass is 10.1. The first kappa shape index (κ1) is 17.2. The molecule has 1 atom stereocenters. The van der Waals surface area contributed by atoms with Gasteiger partial charge in [-0.15, -0.1) is 0 Å². The molecular formula is C18H24ClN3O2. The molecule has 2 heterocycles. The minimum Gasteiger partial charge on any atom is -0.355 e. The van der Waals surface area contributed by atoms with Crippen molar-refractivity contribution < 1.29 is 9.59 Å². The van der Waals surface area contributed by atoms with Crippen LogP contribution in [0.25, 0.3) is 0 Å². The van der Waals surface area contributed by atoms with Gasteiger partial charge in [0.25, 0.3) is 0 Å². The second kappa shape index (κ2) is 7.99. The summed E-state index contributed by atoms with van der Waals surface area (Å²) in [5, 5.41) is 3.56. The molecular weight excluding hydrogens is 326 g/mol. The summed E-state index contributed by atoms with van der Waals surface area (Å²) in [6.07, 6.45) is 4.07. The van der Waals surface area contributed by atoms with Crippen LogP contribution in [-0.2, 0) is 9.59 Å². The van der Waals surface area contributed by atoms with Gasteiger partial charge in [0.2, 0.25) is 11.8 Å². The van der Waals surface area contributed by atoms with E-state index in [1.54, 1.807) is 17.0 Å². The van der Waals surface area contributed by atoms with Crippen molar-refractivity contribution in [3.8, 4) is 0 Å². The van der Waals surface area contributed by atoms with Gasteiger partial charge in [0.1, 0.15) is 5.92 Å². The highest BCUT2D eigenvalue weighted by atomic mass is 35.5. The molecule has 2 fully saturated rings. The molecule has 2 aliphatic heterocycles. The summed E-state index contributed by atoms with van der Waals surface area (Å²) in [6.45, 7) is 4.58. The van der Waals surface area contributed by atoms with Crippen molar-refractivity contribution in [2.75, 3.05) is 37.6 Å². The van der Waals surface area contributed by atoms with E-state index >= 15 is 0 Å². The Morgan fingerprint density at radius 3 is 2.58 bits per heavy atom. The van der Waals surface area contributed by atoms with E-state index < -0.39 is 5.92 Å². The van der Waals surface area contributed by atoms with E-state index in [2.05, 4.69) is 10.2 Å². The normalized spacial score (nSPS) is 21.5. The number of hydrogen-bond acceptors (Lipinski definition) is 3. The minimum atomic E-state index is -0.563. The Hall–Kier alpha value is -1.59. The van der Waals surface area contributed by atoms with Crippen molar-refractivity contribution in [3.05, 3.63) is 29.3 Å². The number of hydrogen-bond donors (Lipinski definition) is 1. The lowest BCUT2D eigenvalue weighted by Gasteiger charge is -2.17. The van der Waals surface area contributed by atoms with Crippen molar-refractivity contribution >= 4 is 29.1 Å². The smallest absolute Gasteiger partial charge is 0.239 e. The van der Waals surface area contributed by atoms with Crippen molar-refractivity contribution in [1.29, 1.82) is 0 Å². The average Bonchev–Trinajstić information content (AvgIpc) is 3.22. The second-order valence-electron chi connectivity index (χ2n) is 6.50. The Morgan fingerprint density at radius 2 is 1.88 bits per heavy atom. The molecule has 0 bridgehead atoms. The van der Waals surface area contributed by atoms with E-state index in [0.717, 1.165) is 18.7 Å². The first-order chi connectivity index (χ1) is 11.6. The molecule has 0 radical (unpaired) electrons. The third kappa shape index (κ3) is 4.08. The predicted octanol–water partition coefficient (Wildman–Crippen LogP) is 2.29. The highest BCUT2D eigenvalue weighted by molar-refractivity contribution is 6.30.